The van der Waals surface area contributed by atoms with Gasteiger partial charge in [-0.3, -0.25) is 19.5 Å². The molecule has 33 heavy (non-hydrogen) atoms. The van der Waals surface area contributed by atoms with Crippen LogP contribution in [0.1, 0.15) is 5.69 Å². The highest BCUT2D eigenvalue weighted by atomic mass is 16.6. The van der Waals surface area contributed by atoms with E-state index in [1.165, 1.54) is 29.2 Å². The Labute approximate surface area is 185 Å². The van der Waals surface area contributed by atoms with Crippen LogP contribution in [0.25, 0.3) is 5.69 Å². The number of aldehydes is 1. The average Bonchev–Trinajstić information content (AvgIpc) is 3.25. The van der Waals surface area contributed by atoms with Gasteiger partial charge >= 0.3 is 5.97 Å². The molecule has 3 N–H and O–H groups in total. The molecule has 0 aliphatic carbocycles. The van der Waals surface area contributed by atoms with Gasteiger partial charge in [0.1, 0.15) is 18.0 Å². The van der Waals surface area contributed by atoms with Crippen LogP contribution in [-0.2, 0) is 20.8 Å². The monoisotopic (exact) mass is 448 g/mol. The normalized spacial score (nSPS) is 14.4. The first-order valence-corrected chi connectivity index (χ1v) is 9.60. The lowest BCUT2D eigenvalue weighted by Gasteiger charge is -2.21. The van der Waals surface area contributed by atoms with Crippen LogP contribution in [0.3, 0.4) is 0 Å². The van der Waals surface area contributed by atoms with Gasteiger partial charge in [-0.2, -0.15) is 0 Å². The van der Waals surface area contributed by atoms with Crippen molar-refractivity contribution in [3.8, 4) is 5.69 Å². The SMILES string of the molecule is O=CC1Nc2cc([N+](=O)[O-])c(-n3cnc(CC(=O)Nc4ccccc4)c3)cc2N=C1C(=O)O. The Morgan fingerprint density at radius 3 is 2.70 bits per heavy atom. The van der Waals surface area contributed by atoms with Crippen LogP contribution in [0.5, 0.6) is 0 Å². The number of hydrogen-bond acceptors (Lipinski definition) is 8. The molecule has 0 radical (unpaired) electrons. The minimum atomic E-state index is -1.39. The zero-order chi connectivity index (χ0) is 23.5. The van der Waals surface area contributed by atoms with E-state index in [-0.39, 0.29) is 35.1 Å². The summed E-state index contributed by atoms with van der Waals surface area (Å²) in [4.78, 5) is 54.1. The van der Waals surface area contributed by atoms with E-state index in [1.54, 1.807) is 24.3 Å². The fourth-order valence-electron chi connectivity index (χ4n) is 3.32. The number of rotatable bonds is 7. The number of benzene rings is 2. The summed E-state index contributed by atoms with van der Waals surface area (Å²) in [6, 6.07) is 10.1. The van der Waals surface area contributed by atoms with Gasteiger partial charge in [0.15, 0.2) is 5.71 Å². The van der Waals surface area contributed by atoms with Gasteiger partial charge in [-0.15, -0.1) is 0 Å². The van der Waals surface area contributed by atoms with E-state index in [9.17, 15) is 29.6 Å². The first-order valence-electron chi connectivity index (χ1n) is 9.60. The summed E-state index contributed by atoms with van der Waals surface area (Å²) < 4.78 is 1.35. The van der Waals surface area contributed by atoms with Crippen molar-refractivity contribution in [1.82, 2.24) is 9.55 Å². The van der Waals surface area contributed by atoms with Crippen LogP contribution in [0.15, 0.2) is 60.0 Å². The summed E-state index contributed by atoms with van der Waals surface area (Å²) in [5.74, 6) is -1.70. The highest BCUT2D eigenvalue weighted by Crippen LogP contribution is 2.38. The molecule has 0 spiro atoms. The quantitative estimate of drug-likeness (QED) is 0.280. The second kappa shape index (κ2) is 8.70. The number of nitro groups is 1. The van der Waals surface area contributed by atoms with Gasteiger partial charge in [-0.05, 0) is 18.2 Å². The van der Waals surface area contributed by atoms with E-state index in [2.05, 4.69) is 20.6 Å². The summed E-state index contributed by atoms with van der Waals surface area (Å²) in [5, 5.41) is 26.3. The molecular formula is C21H16N6O6. The summed E-state index contributed by atoms with van der Waals surface area (Å²) >= 11 is 0. The Kier molecular flexibility index (Phi) is 5.64. The standard InChI is InChI=1S/C21H16N6O6/c28-10-16-20(21(30)31)25-15-7-17(18(27(32)33)8-14(15)24-16)26-9-13(22-11-26)6-19(29)23-12-4-2-1-3-5-12/h1-5,7-11,16,24H,6H2,(H,23,29)(H,30,31). The maximum absolute atomic E-state index is 12.3. The van der Waals surface area contributed by atoms with E-state index < -0.39 is 22.6 Å². The molecule has 1 amide bonds. The molecule has 1 aliphatic heterocycles. The van der Waals surface area contributed by atoms with E-state index in [0.717, 1.165) is 0 Å². The highest BCUT2D eigenvalue weighted by molar-refractivity contribution is 6.42. The largest absolute Gasteiger partial charge is 0.477 e. The number of carboxylic acids is 1. The van der Waals surface area contributed by atoms with Crippen molar-refractivity contribution in [2.45, 2.75) is 12.5 Å². The number of amides is 1. The lowest BCUT2D eigenvalue weighted by Crippen LogP contribution is -2.38. The summed E-state index contributed by atoms with van der Waals surface area (Å²) in [5.41, 5.74) is 0.572. The van der Waals surface area contributed by atoms with Crippen LogP contribution in [0.2, 0.25) is 0 Å². The molecule has 2 heterocycles. The number of carboxylic acid groups (broad SMARTS) is 1. The van der Waals surface area contributed by atoms with Crippen molar-refractivity contribution in [2.75, 3.05) is 10.6 Å². The molecule has 166 valence electrons. The number of fused-ring (bicyclic) bond motifs is 1. The van der Waals surface area contributed by atoms with Crippen LogP contribution < -0.4 is 10.6 Å². The second-order valence-electron chi connectivity index (χ2n) is 7.04. The van der Waals surface area contributed by atoms with Gasteiger partial charge in [0.05, 0.1) is 34.7 Å². The smallest absolute Gasteiger partial charge is 0.352 e. The van der Waals surface area contributed by atoms with Crippen LogP contribution in [0.4, 0.5) is 22.7 Å². The van der Waals surface area contributed by atoms with E-state index in [4.69, 9.17) is 0 Å². The van der Waals surface area contributed by atoms with Crippen LogP contribution in [0, 0.1) is 10.1 Å². The first-order chi connectivity index (χ1) is 15.9. The summed E-state index contributed by atoms with van der Waals surface area (Å²) in [7, 11) is 0. The van der Waals surface area contributed by atoms with Crippen molar-refractivity contribution < 1.29 is 24.4 Å². The molecule has 12 heteroatoms. The number of nitro benzene ring substituents is 1. The van der Waals surface area contributed by atoms with E-state index >= 15 is 0 Å². The topological polar surface area (TPSA) is 169 Å². The molecule has 1 atom stereocenters. The number of imidazole rings is 1. The first kappa shape index (κ1) is 21.4. The number of aliphatic carboxylic acids is 1. The number of hydrogen-bond donors (Lipinski definition) is 3. The maximum Gasteiger partial charge on any atom is 0.352 e. The minimum Gasteiger partial charge on any atom is -0.477 e. The molecule has 0 fully saturated rings. The van der Waals surface area contributed by atoms with Crippen LogP contribution in [-0.4, -0.2) is 49.5 Å². The molecule has 1 aliphatic rings. The Bertz CT molecular complexity index is 1300. The lowest BCUT2D eigenvalue weighted by atomic mass is 10.1. The molecule has 0 bridgehead atoms. The molecule has 0 saturated carbocycles. The molecule has 3 aromatic rings. The number of carbonyl (C=O) groups is 3. The predicted octanol–water partition coefficient (Wildman–Crippen LogP) is 2.11. The molecule has 1 unspecified atom stereocenters. The van der Waals surface area contributed by atoms with Crippen molar-refractivity contribution in [1.29, 1.82) is 0 Å². The van der Waals surface area contributed by atoms with Crippen molar-refractivity contribution in [3.05, 3.63) is 70.8 Å². The zero-order valence-corrected chi connectivity index (χ0v) is 16.8. The zero-order valence-electron chi connectivity index (χ0n) is 16.8. The third-order valence-corrected chi connectivity index (χ3v) is 4.80. The highest BCUT2D eigenvalue weighted by Gasteiger charge is 2.30. The van der Waals surface area contributed by atoms with Gasteiger partial charge in [0.25, 0.3) is 5.69 Å². The third-order valence-electron chi connectivity index (χ3n) is 4.80. The Morgan fingerprint density at radius 2 is 2.03 bits per heavy atom. The summed E-state index contributed by atoms with van der Waals surface area (Å²) in [6.07, 6.45) is 3.07. The third kappa shape index (κ3) is 4.44. The molecule has 2 aromatic carbocycles. The van der Waals surface area contributed by atoms with Crippen molar-refractivity contribution in [3.63, 3.8) is 0 Å². The van der Waals surface area contributed by atoms with Crippen LogP contribution >= 0.6 is 0 Å². The average molecular weight is 448 g/mol. The lowest BCUT2D eigenvalue weighted by molar-refractivity contribution is -0.384. The number of para-hydroxylation sites is 1. The molecule has 1 aromatic heterocycles. The van der Waals surface area contributed by atoms with E-state index in [1.807, 2.05) is 6.07 Å². The van der Waals surface area contributed by atoms with Gasteiger partial charge in [-0.25, -0.2) is 14.8 Å². The molecular weight excluding hydrogens is 432 g/mol. The minimum absolute atomic E-state index is 0.0650. The summed E-state index contributed by atoms with van der Waals surface area (Å²) in [6.45, 7) is 0. The molecule has 4 rings (SSSR count). The number of anilines is 2. The Morgan fingerprint density at radius 1 is 1.27 bits per heavy atom. The molecule has 12 nitrogen and oxygen atoms in total. The Balaban J connectivity index is 1.65. The van der Waals surface area contributed by atoms with Gasteiger partial charge < -0.3 is 20.5 Å². The van der Waals surface area contributed by atoms with Gasteiger partial charge in [0, 0.05) is 18.0 Å². The predicted molar refractivity (Wildman–Crippen MR) is 117 cm³/mol. The number of nitrogens with zero attached hydrogens (tertiary/aromatic N) is 4. The molecule has 0 saturated heterocycles. The van der Waals surface area contributed by atoms with Crippen molar-refractivity contribution in [2.24, 2.45) is 4.99 Å². The van der Waals surface area contributed by atoms with Gasteiger partial charge in [-0.1, -0.05) is 18.2 Å². The number of aromatic nitrogens is 2. The number of carbonyl (C=O) groups excluding carboxylic acids is 2. The Hall–Kier alpha value is -4.87. The van der Waals surface area contributed by atoms with Gasteiger partial charge in [0.2, 0.25) is 5.91 Å². The second-order valence-corrected chi connectivity index (χ2v) is 7.04. The fraction of sp³-hybridized carbons (Fsp3) is 0.0952. The van der Waals surface area contributed by atoms with Crippen molar-refractivity contribution >= 4 is 46.6 Å². The number of nitrogens with one attached hydrogen (secondary N) is 2. The number of aliphatic imine (C=N–C) groups is 1. The maximum atomic E-state index is 12.3. The fourth-order valence-corrected chi connectivity index (χ4v) is 3.32. The van der Waals surface area contributed by atoms with E-state index in [0.29, 0.717) is 17.7 Å².